The molecule has 1 saturated heterocycles. The molecule has 2 heterocycles. The number of aromatic nitrogens is 3. The molecule has 3 aromatic rings. The van der Waals surface area contributed by atoms with Gasteiger partial charge in [-0.2, -0.15) is 0 Å². The van der Waals surface area contributed by atoms with Gasteiger partial charge in [-0.1, -0.05) is 41.6 Å². The lowest BCUT2D eigenvalue weighted by molar-refractivity contribution is -0.140. The summed E-state index contributed by atoms with van der Waals surface area (Å²) in [6.07, 6.45) is 1.17. The van der Waals surface area contributed by atoms with Gasteiger partial charge < -0.3 is 4.74 Å². The van der Waals surface area contributed by atoms with Crippen LogP contribution in [0.1, 0.15) is 18.4 Å². The van der Waals surface area contributed by atoms with Gasteiger partial charge in [0.2, 0.25) is 11.8 Å². The number of imide groups is 1. The van der Waals surface area contributed by atoms with Gasteiger partial charge in [0.05, 0.1) is 18.4 Å². The maximum Gasteiger partial charge on any atom is 0.239 e. The van der Waals surface area contributed by atoms with Crippen molar-refractivity contribution in [2.45, 2.75) is 24.9 Å². The van der Waals surface area contributed by atoms with E-state index in [1.807, 2.05) is 60.0 Å². The summed E-state index contributed by atoms with van der Waals surface area (Å²) in [4.78, 5) is 25.7. The Morgan fingerprint density at radius 3 is 2.60 bits per heavy atom. The van der Waals surface area contributed by atoms with Crippen molar-refractivity contribution in [3.63, 3.8) is 0 Å². The van der Waals surface area contributed by atoms with E-state index in [9.17, 15) is 9.59 Å². The molecule has 1 aliphatic rings. The maximum absolute atomic E-state index is 12.5. The highest BCUT2D eigenvalue weighted by atomic mass is 32.2. The van der Waals surface area contributed by atoms with Crippen LogP contribution in [0.25, 0.3) is 17.1 Å². The molecule has 0 atom stereocenters. The van der Waals surface area contributed by atoms with Gasteiger partial charge in [0.1, 0.15) is 5.75 Å². The number of hydrogen-bond acceptors (Lipinski definition) is 6. The monoisotopic (exact) mass is 422 g/mol. The Balaban J connectivity index is 1.70. The molecule has 2 amide bonds. The van der Waals surface area contributed by atoms with Crippen molar-refractivity contribution in [1.29, 1.82) is 0 Å². The summed E-state index contributed by atoms with van der Waals surface area (Å²) in [6, 6.07) is 15.6. The highest BCUT2D eigenvalue weighted by molar-refractivity contribution is 7.99. The number of benzene rings is 2. The summed E-state index contributed by atoms with van der Waals surface area (Å²) in [5.74, 6) is 1.15. The average Bonchev–Trinajstić information content (AvgIpc) is 3.38. The van der Waals surface area contributed by atoms with E-state index in [4.69, 9.17) is 4.74 Å². The molecule has 0 unspecified atom stereocenters. The van der Waals surface area contributed by atoms with Crippen molar-refractivity contribution >= 4 is 23.6 Å². The predicted octanol–water partition coefficient (Wildman–Crippen LogP) is 3.49. The highest BCUT2D eigenvalue weighted by Gasteiger charge is 2.27. The Morgan fingerprint density at radius 1 is 1.13 bits per heavy atom. The third-order valence-corrected chi connectivity index (χ3v) is 5.89. The minimum absolute atomic E-state index is 0.102. The van der Waals surface area contributed by atoms with Crippen LogP contribution in [0.4, 0.5) is 0 Å². The van der Waals surface area contributed by atoms with Gasteiger partial charge in [-0.3, -0.25) is 19.1 Å². The Bertz CT molecular complexity index is 1080. The lowest BCUT2D eigenvalue weighted by atomic mass is 10.1. The Morgan fingerprint density at radius 2 is 1.90 bits per heavy atom. The van der Waals surface area contributed by atoms with Gasteiger partial charge >= 0.3 is 0 Å². The van der Waals surface area contributed by atoms with E-state index in [0.717, 1.165) is 23.2 Å². The van der Waals surface area contributed by atoms with Crippen molar-refractivity contribution in [3.8, 4) is 22.8 Å². The number of thioether (sulfide) groups is 1. The number of hydrogen-bond donors (Lipinski definition) is 0. The van der Waals surface area contributed by atoms with Gasteiger partial charge in [-0.15, -0.1) is 10.2 Å². The second kappa shape index (κ2) is 8.71. The molecule has 0 radical (unpaired) electrons. The van der Waals surface area contributed by atoms with Gasteiger partial charge in [0.25, 0.3) is 0 Å². The van der Waals surface area contributed by atoms with E-state index in [1.54, 1.807) is 7.11 Å². The molecule has 1 aliphatic heterocycles. The number of methoxy groups -OCH3 is 1. The van der Waals surface area contributed by atoms with E-state index >= 15 is 0 Å². The van der Waals surface area contributed by atoms with Crippen LogP contribution in [-0.4, -0.2) is 50.9 Å². The molecule has 2 aromatic carbocycles. The lowest BCUT2D eigenvalue weighted by Gasteiger charge is -2.14. The van der Waals surface area contributed by atoms with Crippen LogP contribution < -0.4 is 4.74 Å². The molecule has 30 heavy (non-hydrogen) atoms. The number of likely N-dealkylation sites (tertiary alicyclic amines) is 1. The number of carbonyl (C=O) groups excluding carboxylic acids is 2. The van der Waals surface area contributed by atoms with Gasteiger partial charge in [0, 0.05) is 18.7 Å². The lowest BCUT2D eigenvalue weighted by Crippen LogP contribution is -2.33. The number of nitrogens with zero attached hydrogens (tertiary/aromatic N) is 4. The average molecular weight is 423 g/mol. The summed E-state index contributed by atoms with van der Waals surface area (Å²) < 4.78 is 7.43. The van der Waals surface area contributed by atoms with Crippen molar-refractivity contribution < 1.29 is 14.3 Å². The molecular weight excluding hydrogens is 400 g/mol. The number of carbonyl (C=O) groups is 2. The van der Waals surface area contributed by atoms with Crippen LogP contribution in [-0.2, 0) is 9.59 Å². The van der Waals surface area contributed by atoms with Gasteiger partial charge in [-0.05, 0) is 37.6 Å². The summed E-state index contributed by atoms with van der Waals surface area (Å²) in [6.45, 7) is 2.52. The van der Waals surface area contributed by atoms with Crippen LogP contribution in [0.3, 0.4) is 0 Å². The molecule has 0 spiro atoms. The van der Waals surface area contributed by atoms with E-state index in [0.29, 0.717) is 29.7 Å². The first-order valence-corrected chi connectivity index (χ1v) is 10.7. The van der Waals surface area contributed by atoms with Crippen LogP contribution in [0, 0.1) is 6.92 Å². The second-order valence-electron chi connectivity index (χ2n) is 7.01. The van der Waals surface area contributed by atoms with Crippen LogP contribution in [0.2, 0.25) is 0 Å². The van der Waals surface area contributed by atoms with Crippen molar-refractivity contribution in [3.05, 3.63) is 54.1 Å². The van der Waals surface area contributed by atoms with Crippen molar-refractivity contribution in [1.82, 2.24) is 19.7 Å². The minimum atomic E-state index is -0.195. The van der Waals surface area contributed by atoms with E-state index in [1.165, 1.54) is 16.7 Å². The molecule has 0 bridgehead atoms. The molecule has 0 saturated carbocycles. The van der Waals surface area contributed by atoms with E-state index < -0.39 is 0 Å². The molecule has 1 fully saturated rings. The largest absolute Gasteiger partial charge is 0.496 e. The number of ether oxygens (including phenoxy) is 1. The molecule has 0 aliphatic carbocycles. The fourth-order valence-electron chi connectivity index (χ4n) is 3.41. The zero-order chi connectivity index (χ0) is 21.1. The highest BCUT2D eigenvalue weighted by Crippen LogP contribution is 2.33. The minimum Gasteiger partial charge on any atom is -0.496 e. The molecule has 154 valence electrons. The fraction of sp³-hybridized carbons (Fsp3) is 0.273. The third kappa shape index (κ3) is 3.95. The number of aryl methyl sites for hydroxylation is 1. The zero-order valence-corrected chi connectivity index (χ0v) is 17.7. The number of para-hydroxylation sites is 1. The van der Waals surface area contributed by atoms with Crippen LogP contribution in [0.5, 0.6) is 5.75 Å². The first kappa shape index (κ1) is 20.2. The van der Waals surface area contributed by atoms with Crippen molar-refractivity contribution in [2.24, 2.45) is 0 Å². The third-order valence-electron chi connectivity index (χ3n) is 4.97. The molecule has 0 N–H and O–H groups in total. The van der Waals surface area contributed by atoms with Gasteiger partial charge in [0.15, 0.2) is 11.0 Å². The molecule has 8 heteroatoms. The fourth-order valence-corrected chi connectivity index (χ4v) is 4.24. The summed E-state index contributed by atoms with van der Waals surface area (Å²) in [7, 11) is 1.62. The summed E-state index contributed by atoms with van der Waals surface area (Å²) >= 11 is 1.28. The zero-order valence-electron chi connectivity index (χ0n) is 16.9. The first-order chi connectivity index (χ1) is 14.6. The Kier molecular flexibility index (Phi) is 5.85. The smallest absolute Gasteiger partial charge is 0.239 e. The van der Waals surface area contributed by atoms with Crippen LogP contribution >= 0.6 is 11.8 Å². The predicted molar refractivity (Wildman–Crippen MR) is 115 cm³/mol. The molecule has 1 aromatic heterocycles. The maximum atomic E-state index is 12.5. The molecular formula is C22H22N4O3S. The first-order valence-electron chi connectivity index (χ1n) is 9.70. The summed E-state index contributed by atoms with van der Waals surface area (Å²) in [5, 5.41) is 9.34. The topological polar surface area (TPSA) is 77.3 Å². The number of rotatable bonds is 6. The molecule has 7 nitrogen and oxygen atoms in total. The van der Waals surface area contributed by atoms with Crippen molar-refractivity contribution in [2.75, 3.05) is 19.4 Å². The van der Waals surface area contributed by atoms with Crippen LogP contribution in [0.15, 0.2) is 53.7 Å². The van der Waals surface area contributed by atoms with Gasteiger partial charge in [-0.25, -0.2) is 0 Å². The quantitative estimate of drug-likeness (QED) is 0.566. The molecule has 4 rings (SSSR count). The second-order valence-corrected chi connectivity index (χ2v) is 7.95. The van der Waals surface area contributed by atoms with E-state index in [-0.39, 0.29) is 17.6 Å². The number of amides is 2. The summed E-state index contributed by atoms with van der Waals surface area (Å²) in [5.41, 5.74) is 2.84. The van der Waals surface area contributed by atoms with E-state index in [2.05, 4.69) is 10.2 Å². The Labute approximate surface area is 179 Å². The normalized spacial score (nSPS) is 13.7. The standard InChI is InChI=1S/C22H22N4O3S/c1-15-9-11-16(12-10-15)26-21(17-6-3-4-7-18(17)29-2)23-24-22(26)30-14-20(28)25-13-5-8-19(25)27/h3-4,6-7,9-12H,5,8,13-14H2,1-2H3. The Hall–Kier alpha value is -3.13. The SMILES string of the molecule is COc1ccccc1-c1nnc(SCC(=O)N2CCCC2=O)n1-c1ccc(C)cc1.